The Morgan fingerprint density at radius 2 is 2.24 bits per heavy atom. The van der Waals surface area contributed by atoms with Crippen molar-refractivity contribution in [3.63, 3.8) is 0 Å². The quantitative estimate of drug-likeness (QED) is 0.850. The lowest BCUT2D eigenvalue weighted by Gasteiger charge is -2.24. The van der Waals surface area contributed by atoms with Crippen LogP contribution in [0, 0.1) is 0 Å². The van der Waals surface area contributed by atoms with Crippen LogP contribution >= 0.6 is 11.6 Å². The van der Waals surface area contributed by atoms with E-state index in [-0.39, 0.29) is 0 Å². The predicted octanol–water partition coefficient (Wildman–Crippen LogP) is 2.87. The van der Waals surface area contributed by atoms with Gasteiger partial charge in [-0.3, -0.25) is 15.1 Å². The van der Waals surface area contributed by atoms with Crippen LogP contribution in [-0.2, 0) is 5.88 Å². The molecule has 1 aliphatic carbocycles. The third-order valence-electron chi connectivity index (χ3n) is 3.35. The molecule has 2 aromatic heterocycles. The van der Waals surface area contributed by atoms with Crippen LogP contribution in [0.25, 0.3) is 11.4 Å². The van der Waals surface area contributed by atoms with E-state index in [1.165, 1.54) is 25.0 Å². The number of hydrogen-bond donors (Lipinski definition) is 1. The van der Waals surface area contributed by atoms with Crippen molar-refractivity contribution >= 4 is 11.6 Å². The summed E-state index contributed by atoms with van der Waals surface area (Å²) in [5, 5.41) is 7.47. The largest absolute Gasteiger partial charge is 0.281 e. The Morgan fingerprint density at radius 1 is 1.35 bits per heavy atom. The molecule has 4 nitrogen and oxygen atoms in total. The highest BCUT2D eigenvalue weighted by atomic mass is 35.5. The highest BCUT2D eigenvalue weighted by molar-refractivity contribution is 6.17. The van der Waals surface area contributed by atoms with E-state index in [4.69, 9.17) is 11.6 Å². The maximum absolute atomic E-state index is 6.05. The summed E-state index contributed by atoms with van der Waals surface area (Å²) in [5.74, 6) is 1.07. The summed E-state index contributed by atoms with van der Waals surface area (Å²) in [6.45, 7) is 0. The molecule has 2 aromatic rings. The molecule has 1 fully saturated rings. The van der Waals surface area contributed by atoms with Gasteiger partial charge < -0.3 is 0 Å². The molecule has 88 valence electrons. The molecule has 0 aromatic carbocycles. The summed E-state index contributed by atoms with van der Waals surface area (Å²) < 4.78 is 0. The normalized spacial score (nSPS) is 15.8. The van der Waals surface area contributed by atoms with Crippen molar-refractivity contribution in [1.82, 2.24) is 20.2 Å². The van der Waals surface area contributed by atoms with Crippen molar-refractivity contribution in [2.75, 3.05) is 0 Å². The average Bonchev–Trinajstić information content (AvgIpc) is 2.71. The van der Waals surface area contributed by atoms with Crippen LogP contribution in [-0.4, -0.2) is 20.2 Å². The van der Waals surface area contributed by atoms with Crippen molar-refractivity contribution in [3.05, 3.63) is 29.8 Å². The van der Waals surface area contributed by atoms with Gasteiger partial charge in [-0.25, -0.2) is 0 Å². The molecule has 0 unspecified atom stereocenters. The van der Waals surface area contributed by atoms with Crippen LogP contribution in [0.2, 0.25) is 0 Å². The Labute approximate surface area is 104 Å². The third-order valence-corrected chi connectivity index (χ3v) is 3.62. The zero-order valence-electron chi connectivity index (χ0n) is 9.36. The van der Waals surface area contributed by atoms with E-state index in [1.54, 1.807) is 18.6 Å². The van der Waals surface area contributed by atoms with Gasteiger partial charge in [0, 0.05) is 29.6 Å². The molecule has 17 heavy (non-hydrogen) atoms. The van der Waals surface area contributed by atoms with Crippen LogP contribution in [0.4, 0.5) is 0 Å². The van der Waals surface area contributed by atoms with Gasteiger partial charge in [0.25, 0.3) is 0 Å². The van der Waals surface area contributed by atoms with E-state index < -0.39 is 0 Å². The highest BCUT2D eigenvalue weighted by Gasteiger charge is 2.26. The van der Waals surface area contributed by atoms with Gasteiger partial charge >= 0.3 is 0 Å². The monoisotopic (exact) mass is 248 g/mol. The van der Waals surface area contributed by atoms with E-state index in [9.17, 15) is 0 Å². The number of hydrogen-bond acceptors (Lipinski definition) is 3. The molecule has 0 saturated heterocycles. The number of alkyl halides is 1. The molecule has 2 heterocycles. The maximum Gasteiger partial charge on any atom is 0.117 e. The molecule has 0 atom stereocenters. The van der Waals surface area contributed by atoms with Crippen molar-refractivity contribution in [2.45, 2.75) is 31.1 Å². The summed E-state index contributed by atoms with van der Waals surface area (Å²) in [7, 11) is 0. The predicted molar refractivity (Wildman–Crippen MR) is 65.8 cm³/mol. The van der Waals surface area contributed by atoms with Crippen LogP contribution in [0.3, 0.4) is 0 Å². The number of rotatable bonds is 3. The van der Waals surface area contributed by atoms with Crippen molar-refractivity contribution in [1.29, 1.82) is 0 Å². The lowest BCUT2D eigenvalue weighted by molar-refractivity contribution is 0.409. The SMILES string of the molecule is ClCc1c(-c2cnccn2)n[nH]c1C1CCC1. The number of nitrogens with one attached hydrogen (secondary N) is 1. The second kappa shape index (κ2) is 4.45. The number of halogens is 1. The number of nitrogens with zero attached hydrogens (tertiary/aromatic N) is 3. The van der Waals surface area contributed by atoms with Crippen molar-refractivity contribution in [2.24, 2.45) is 0 Å². The standard InChI is InChI=1S/C12H13ClN4/c13-6-9-11(8-2-1-3-8)16-17-12(9)10-7-14-4-5-15-10/h4-5,7-8H,1-3,6H2,(H,16,17). The lowest BCUT2D eigenvalue weighted by Crippen LogP contribution is -2.10. The summed E-state index contributed by atoms with van der Waals surface area (Å²) >= 11 is 6.05. The maximum atomic E-state index is 6.05. The summed E-state index contributed by atoms with van der Waals surface area (Å²) in [5.41, 5.74) is 3.89. The van der Waals surface area contributed by atoms with Crippen LogP contribution in [0.5, 0.6) is 0 Å². The summed E-state index contributed by atoms with van der Waals surface area (Å²) in [6.07, 6.45) is 8.80. The first-order valence-electron chi connectivity index (χ1n) is 5.79. The minimum Gasteiger partial charge on any atom is -0.281 e. The number of aromatic nitrogens is 4. The van der Waals surface area contributed by atoms with E-state index >= 15 is 0 Å². The molecule has 1 aliphatic rings. The molecule has 0 spiro atoms. The van der Waals surface area contributed by atoms with E-state index in [1.807, 2.05) is 0 Å². The van der Waals surface area contributed by atoms with Crippen molar-refractivity contribution in [3.8, 4) is 11.4 Å². The van der Waals surface area contributed by atoms with E-state index in [0.717, 1.165) is 17.0 Å². The number of H-pyrrole nitrogens is 1. The molecule has 5 heteroatoms. The second-order valence-corrected chi connectivity index (χ2v) is 4.58. The van der Waals surface area contributed by atoms with Crippen LogP contribution in [0.1, 0.15) is 36.4 Å². The van der Waals surface area contributed by atoms with Gasteiger partial charge in [-0.1, -0.05) is 6.42 Å². The highest BCUT2D eigenvalue weighted by Crippen LogP contribution is 2.39. The summed E-state index contributed by atoms with van der Waals surface area (Å²) in [4.78, 5) is 8.34. The van der Waals surface area contributed by atoms with Gasteiger partial charge in [0.2, 0.25) is 0 Å². The van der Waals surface area contributed by atoms with Gasteiger partial charge in [-0.15, -0.1) is 11.6 Å². The molecular formula is C12H13ClN4. The molecule has 1 saturated carbocycles. The van der Waals surface area contributed by atoms with Gasteiger partial charge in [-0.05, 0) is 12.8 Å². The Balaban J connectivity index is 2.02. The minimum atomic E-state index is 0.467. The van der Waals surface area contributed by atoms with Crippen LogP contribution in [0.15, 0.2) is 18.6 Å². The average molecular weight is 249 g/mol. The Bertz CT molecular complexity index is 504. The Morgan fingerprint density at radius 3 is 2.82 bits per heavy atom. The zero-order chi connectivity index (χ0) is 11.7. The topological polar surface area (TPSA) is 54.5 Å². The van der Waals surface area contributed by atoms with Crippen LogP contribution < -0.4 is 0 Å². The third kappa shape index (κ3) is 1.82. The fourth-order valence-corrected chi connectivity index (χ4v) is 2.45. The Hall–Kier alpha value is -1.42. The molecule has 0 radical (unpaired) electrons. The minimum absolute atomic E-state index is 0.467. The zero-order valence-corrected chi connectivity index (χ0v) is 10.1. The fourth-order valence-electron chi connectivity index (χ4n) is 2.18. The van der Waals surface area contributed by atoms with Gasteiger partial charge in [-0.2, -0.15) is 5.10 Å². The van der Waals surface area contributed by atoms with E-state index in [2.05, 4.69) is 20.2 Å². The fraction of sp³-hybridized carbons (Fsp3) is 0.417. The first kappa shape index (κ1) is 10.7. The number of aromatic amines is 1. The van der Waals surface area contributed by atoms with E-state index in [0.29, 0.717) is 11.8 Å². The lowest BCUT2D eigenvalue weighted by atomic mass is 9.81. The molecule has 0 aliphatic heterocycles. The second-order valence-electron chi connectivity index (χ2n) is 4.32. The molecule has 1 N–H and O–H groups in total. The van der Waals surface area contributed by atoms with Gasteiger partial charge in [0.1, 0.15) is 11.4 Å². The first-order valence-corrected chi connectivity index (χ1v) is 6.33. The Kier molecular flexibility index (Phi) is 2.81. The van der Waals surface area contributed by atoms with Crippen molar-refractivity contribution < 1.29 is 0 Å². The first-order chi connectivity index (χ1) is 8.40. The van der Waals surface area contributed by atoms with Gasteiger partial charge in [0.05, 0.1) is 12.1 Å². The van der Waals surface area contributed by atoms with Gasteiger partial charge in [0.15, 0.2) is 0 Å². The summed E-state index contributed by atoms with van der Waals surface area (Å²) in [6, 6.07) is 0. The molecule has 0 amide bonds. The smallest absolute Gasteiger partial charge is 0.117 e. The molecule has 3 rings (SSSR count). The molecule has 0 bridgehead atoms. The molecular weight excluding hydrogens is 236 g/mol.